The van der Waals surface area contributed by atoms with E-state index >= 15 is 0 Å². The SMILES string of the molecule is CCCN(CCN)C(=O)C1(CC(C)C)CCCC1. The molecular weight excluding hydrogens is 224 g/mol. The summed E-state index contributed by atoms with van der Waals surface area (Å²) in [5.41, 5.74) is 5.58. The first kappa shape index (κ1) is 15.5. The first-order chi connectivity index (χ1) is 8.55. The van der Waals surface area contributed by atoms with Gasteiger partial charge in [0.1, 0.15) is 0 Å². The number of hydrogen-bond donors (Lipinski definition) is 1. The minimum absolute atomic E-state index is 0.0709. The summed E-state index contributed by atoms with van der Waals surface area (Å²) in [6, 6.07) is 0. The van der Waals surface area contributed by atoms with Crippen molar-refractivity contribution in [2.45, 2.75) is 59.3 Å². The standard InChI is InChI=1S/C15H30N2O/c1-4-10-17(11-9-16)14(18)15(12-13(2)3)7-5-6-8-15/h13H,4-12,16H2,1-3H3. The number of hydrogen-bond acceptors (Lipinski definition) is 2. The Hall–Kier alpha value is -0.570. The molecule has 1 aliphatic rings. The third kappa shape index (κ3) is 3.71. The van der Waals surface area contributed by atoms with Gasteiger partial charge in [-0.1, -0.05) is 33.6 Å². The molecule has 0 aromatic carbocycles. The van der Waals surface area contributed by atoms with Crippen molar-refractivity contribution in [1.82, 2.24) is 4.90 Å². The van der Waals surface area contributed by atoms with E-state index in [1.54, 1.807) is 0 Å². The predicted molar refractivity (Wildman–Crippen MR) is 76.3 cm³/mol. The van der Waals surface area contributed by atoms with Crippen molar-refractivity contribution in [3.63, 3.8) is 0 Å². The van der Waals surface area contributed by atoms with Crippen LogP contribution in [0.2, 0.25) is 0 Å². The van der Waals surface area contributed by atoms with E-state index in [0.29, 0.717) is 24.9 Å². The van der Waals surface area contributed by atoms with Gasteiger partial charge >= 0.3 is 0 Å². The van der Waals surface area contributed by atoms with Crippen LogP contribution in [0.1, 0.15) is 59.3 Å². The minimum atomic E-state index is -0.0709. The number of amides is 1. The van der Waals surface area contributed by atoms with Gasteiger partial charge in [0.05, 0.1) is 0 Å². The Labute approximate surface area is 112 Å². The van der Waals surface area contributed by atoms with Gasteiger partial charge in [-0.2, -0.15) is 0 Å². The molecule has 0 radical (unpaired) electrons. The molecule has 0 heterocycles. The average molecular weight is 254 g/mol. The first-order valence-corrected chi connectivity index (χ1v) is 7.55. The van der Waals surface area contributed by atoms with Gasteiger partial charge in [-0.05, 0) is 31.6 Å². The molecule has 0 bridgehead atoms. The molecular formula is C15H30N2O. The Bertz CT molecular complexity index is 251. The average Bonchev–Trinajstić information content (AvgIpc) is 2.76. The van der Waals surface area contributed by atoms with E-state index < -0.39 is 0 Å². The van der Waals surface area contributed by atoms with Crippen LogP contribution in [0.25, 0.3) is 0 Å². The monoisotopic (exact) mass is 254 g/mol. The van der Waals surface area contributed by atoms with Gasteiger partial charge in [0.25, 0.3) is 0 Å². The van der Waals surface area contributed by atoms with Crippen LogP contribution >= 0.6 is 0 Å². The highest BCUT2D eigenvalue weighted by Gasteiger charge is 2.43. The van der Waals surface area contributed by atoms with Gasteiger partial charge in [-0.25, -0.2) is 0 Å². The number of nitrogens with zero attached hydrogens (tertiary/aromatic N) is 1. The van der Waals surface area contributed by atoms with E-state index in [9.17, 15) is 4.79 Å². The van der Waals surface area contributed by atoms with E-state index in [1.165, 1.54) is 12.8 Å². The molecule has 3 heteroatoms. The molecule has 1 rings (SSSR count). The Balaban J connectivity index is 2.79. The summed E-state index contributed by atoms with van der Waals surface area (Å²) in [6.45, 7) is 8.72. The number of rotatable bonds is 7. The number of carbonyl (C=O) groups excluding carboxylic acids is 1. The molecule has 1 fully saturated rings. The second-order valence-corrected chi connectivity index (χ2v) is 6.17. The summed E-state index contributed by atoms with van der Waals surface area (Å²) in [4.78, 5) is 14.9. The lowest BCUT2D eigenvalue weighted by molar-refractivity contribution is -0.143. The summed E-state index contributed by atoms with van der Waals surface area (Å²) >= 11 is 0. The summed E-state index contributed by atoms with van der Waals surface area (Å²) in [5, 5.41) is 0. The van der Waals surface area contributed by atoms with E-state index in [4.69, 9.17) is 5.73 Å². The molecule has 1 amide bonds. The second kappa shape index (κ2) is 7.13. The summed E-state index contributed by atoms with van der Waals surface area (Å²) in [7, 11) is 0. The Kier molecular flexibility index (Phi) is 6.13. The van der Waals surface area contributed by atoms with Crippen LogP contribution in [0, 0.1) is 11.3 Å². The van der Waals surface area contributed by atoms with Crippen LogP contribution in [0.15, 0.2) is 0 Å². The molecule has 0 aromatic rings. The van der Waals surface area contributed by atoms with E-state index in [1.807, 2.05) is 4.90 Å². The van der Waals surface area contributed by atoms with Gasteiger partial charge < -0.3 is 10.6 Å². The van der Waals surface area contributed by atoms with Crippen molar-refractivity contribution in [3.05, 3.63) is 0 Å². The maximum absolute atomic E-state index is 12.9. The summed E-state index contributed by atoms with van der Waals surface area (Å²) in [5.74, 6) is 0.967. The van der Waals surface area contributed by atoms with Gasteiger partial charge in [0.15, 0.2) is 0 Å². The molecule has 0 aromatic heterocycles. The molecule has 1 saturated carbocycles. The maximum Gasteiger partial charge on any atom is 0.228 e. The van der Waals surface area contributed by atoms with E-state index in [2.05, 4.69) is 20.8 Å². The van der Waals surface area contributed by atoms with E-state index in [-0.39, 0.29) is 5.41 Å². The van der Waals surface area contributed by atoms with Gasteiger partial charge in [0.2, 0.25) is 5.91 Å². The zero-order valence-corrected chi connectivity index (χ0v) is 12.4. The quantitative estimate of drug-likeness (QED) is 0.759. The fraction of sp³-hybridized carbons (Fsp3) is 0.933. The molecule has 0 atom stereocenters. The zero-order valence-electron chi connectivity index (χ0n) is 12.4. The smallest absolute Gasteiger partial charge is 0.228 e. The largest absolute Gasteiger partial charge is 0.341 e. The van der Waals surface area contributed by atoms with Crippen molar-refractivity contribution >= 4 is 5.91 Å². The molecule has 2 N–H and O–H groups in total. The first-order valence-electron chi connectivity index (χ1n) is 7.55. The molecule has 3 nitrogen and oxygen atoms in total. The van der Waals surface area contributed by atoms with E-state index in [0.717, 1.165) is 32.2 Å². The van der Waals surface area contributed by atoms with Crippen LogP contribution in [0.4, 0.5) is 0 Å². The van der Waals surface area contributed by atoms with Crippen LogP contribution < -0.4 is 5.73 Å². The minimum Gasteiger partial charge on any atom is -0.341 e. The van der Waals surface area contributed by atoms with Gasteiger partial charge in [-0.3, -0.25) is 4.79 Å². The highest BCUT2D eigenvalue weighted by atomic mass is 16.2. The zero-order chi connectivity index (χ0) is 13.6. The van der Waals surface area contributed by atoms with Crippen LogP contribution in [-0.2, 0) is 4.79 Å². The van der Waals surface area contributed by atoms with Crippen molar-refractivity contribution in [2.75, 3.05) is 19.6 Å². The topological polar surface area (TPSA) is 46.3 Å². The van der Waals surface area contributed by atoms with Crippen LogP contribution in [0.3, 0.4) is 0 Å². The van der Waals surface area contributed by atoms with Crippen LogP contribution in [0.5, 0.6) is 0 Å². The number of nitrogens with two attached hydrogens (primary N) is 1. The lowest BCUT2D eigenvalue weighted by Crippen LogP contribution is -2.45. The molecule has 18 heavy (non-hydrogen) atoms. The molecule has 1 aliphatic carbocycles. The third-order valence-electron chi connectivity index (χ3n) is 3.99. The van der Waals surface area contributed by atoms with Gasteiger partial charge in [-0.15, -0.1) is 0 Å². The van der Waals surface area contributed by atoms with Crippen molar-refractivity contribution < 1.29 is 4.79 Å². The fourth-order valence-electron chi connectivity index (χ4n) is 3.41. The fourth-order valence-corrected chi connectivity index (χ4v) is 3.41. The Morgan fingerprint density at radius 1 is 1.28 bits per heavy atom. The van der Waals surface area contributed by atoms with Crippen molar-refractivity contribution in [1.29, 1.82) is 0 Å². The molecule has 0 spiro atoms. The molecule has 0 aliphatic heterocycles. The van der Waals surface area contributed by atoms with Crippen molar-refractivity contribution in [2.24, 2.45) is 17.1 Å². The van der Waals surface area contributed by atoms with Gasteiger partial charge in [0, 0.05) is 25.0 Å². The highest BCUT2D eigenvalue weighted by molar-refractivity contribution is 5.83. The molecule has 106 valence electrons. The highest BCUT2D eigenvalue weighted by Crippen LogP contribution is 2.44. The normalized spacial score (nSPS) is 18.3. The second-order valence-electron chi connectivity index (χ2n) is 6.17. The number of carbonyl (C=O) groups is 1. The third-order valence-corrected chi connectivity index (χ3v) is 3.99. The lowest BCUT2D eigenvalue weighted by Gasteiger charge is -2.35. The summed E-state index contributed by atoms with van der Waals surface area (Å²) < 4.78 is 0. The predicted octanol–water partition coefficient (Wildman–Crippen LogP) is 2.79. The van der Waals surface area contributed by atoms with Crippen LogP contribution in [-0.4, -0.2) is 30.4 Å². The lowest BCUT2D eigenvalue weighted by atomic mass is 9.77. The Morgan fingerprint density at radius 3 is 2.33 bits per heavy atom. The summed E-state index contributed by atoms with van der Waals surface area (Å²) in [6.07, 6.45) is 6.63. The maximum atomic E-state index is 12.9. The molecule has 0 unspecified atom stereocenters. The van der Waals surface area contributed by atoms with Crippen molar-refractivity contribution in [3.8, 4) is 0 Å². The Morgan fingerprint density at radius 2 is 1.89 bits per heavy atom. The molecule has 0 saturated heterocycles.